The Hall–Kier alpha value is -1.62. The number of aryl methyl sites for hydroxylation is 1. The van der Waals surface area contributed by atoms with E-state index in [0.717, 1.165) is 22.6 Å². The van der Waals surface area contributed by atoms with Gasteiger partial charge in [0.05, 0.1) is 11.3 Å². The highest BCUT2D eigenvalue weighted by Crippen LogP contribution is 2.24. The van der Waals surface area contributed by atoms with E-state index in [-0.39, 0.29) is 5.91 Å². The van der Waals surface area contributed by atoms with Crippen molar-refractivity contribution >= 4 is 28.7 Å². The van der Waals surface area contributed by atoms with E-state index in [1.165, 1.54) is 0 Å². The number of nitrogens with zero attached hydrogens (tertiary/aromatic N) is 3. The Morgan fingerprint density at radius 1 is 1.50 bits per heavy atom. The molecule has 0 saturated carbocycles. The van der Waals surface area contributed by atoms with E-state index in [2.05, 4.69) is 15.3 Å². The first-order chi connectivity index (χ1) is 9.39. The molecule has 0 aliphatic rings. The number of nitrogens with one attached hydrogen (secondary N) is 1. The number of halogens is 1. The average Bonchev–Trinajstić information content (AvgIpc) is 2.74. The third-order valence-electron chi connectivity index (χ3n) is 3.32. The first kappa shape index (κ1) is 14.8. The number of pyridine rings is 1. The van der Waals surface area contributed by atoms with E-state index < -0.39 is 5.41 Å². The first-order valence-electron chi connectivity index (χ1n) is 6.49. The Balaban J connectivity index is 2.50. The maximum atomic E-state index is 12.0. The molecule has 6 heteroatoms. The minimum Gasteiger partial charge on any atom is -0.359 e. The Labute approximate surface area is 123 Å². The van der Waals surface area contributed by atoms with Crippen molar-refractivity contribution in [3.8, 4) is 0 Å². The molecule has 0 unspecified atom stereocenters. The fraction of sp³-hybridized carbons (Fsp3) is 0.500. The summed E-state index contributed by atoms with van der Waals surface area (Å²) in [7, 11) is 1.64. The van der Waals surface area contributed by atoms with Crippen LogP contribution in [0.25, 0.3) is 11.2 Å². The molecule has 0 spiro atoms. The summed E-state index contributed by atoms with van der Waals surface area (Å²) in [5.74, 6) is 1.00. The fourth-order valence-corrected chi connectivity index (χ4v) is 2.44. The minimum atomic E-state index is -0.560. The van der Waals surface area contributed by atoms with Gasteiger partial charge in [0.25, 0.3) is 0 Å². The molecule has 20 heavy (non-hydrogen) atoms. The van der Waals surface area contributed by atoms with Crippen molar-refractivity contribution in [2.24, 2.45) is 5.41 Å². The Bertz CT molecular complexity index is 648. The predicted molar refractivity (Wildman–Crippen MR) is 79.7 cm³/mol. The number of hydrogen-bond acceptors (Lipinski definition) is 3. The molecule has 0 aliphatic carbocycles. The van der Waals surface area contributed by atoms with E-state index in [1.54, 1.807) is 13.2 Å². The second-order valence-corrected chi connectivity index (χ2v) is 5.83. The molecule has 0 radical (unpaired) electrons. The van der Waals surface area contributed by atoms with Crippen molar-refractivity contribution in [3.63, 3.8) is 0 Å². The summed E-state index contributed by atoms with van der Waals surface area (Å²) in [6.45, 7) is 6.25. The lowest BCUT2D eigenvalue weighted by Gasteiger charge is -2.24. The van der Waals surface area contributed by atoms with Gasteiger partial charge in [-0.2, -0.15) is 0 Å². The number of amides is 1. The highest BCUT2D eigenvalue weighted by atomic mass is 35.5. The molecule has 0 fully saturated rings. The summed E-state index contributed by atoms with van der Waals surface area (Å²) in [5.41, 5.74) is 2.07. The van der Waals surface area contributed by atoms with Crippen LogP contribution in [0.4, 0.5) is 0 Å². The van der Waals surface area contributed by atoms with E-state index in [4.69, 9.17) is 11.6 Å². The van der Waals surface area contributed by atoms with Crippen LogP contribution in [0.1, 0.15) is 25.2 Å². The van der Waals surface area contributed by atoms with Crippen LogP contribution in [-0.4, -0.2) is 27.5 Å². The van der Waals surface area contributed by atoms with Gasteiger partial charge in [-0.25, -0.2) is 9.97 Å². The van der Waals surface area contributed by atoms with Gasteiger partial charge in [-0.3, -0.25) is 4.79 Å². The third kappa shape index (κ3) is 2.63. The molecule has 2 heterocycles. The molecule has 0 aliphatic heterocycles. The van der Waals surface area contributed by atoms with Crippen molar-refractivity contribution < 1.29 is 4.79 Å². The average molecular weight is 295 g/mol. The molecule has 0 atom stereocenters. The quantitative estimate of drug-likeness (QED) is 0.880. The largest absolute Gasteiger partial charge is 0.359 e. The number of alkyl halides is 1. The number of aromatic nitrogens is 3. The molecule has 2 rings (SSSR count). The van der Waals surface area contributed by atoms with E-state index in [9.17, 15) is 4.79 Å². The van der Waals surface area contributed by atoms with Crippen molar-refractivity contribution in [1.29, 1.82) is 0 Å². The number of hydrogen-bond donors (Lipinski definition) is 1. The summed E-state index contributed by atoms with van der Waals surface area (Å²) in [6, 6.07) is 1.97. The Morgan fingerprint density at radius 2 is 2.20 bits per heavy atom. The third-order valence-corrected chi connectivity index (χ3v) is 3.55. The van der Waals surface area contributed by atoms with Crippen LogP contribution in [0.15, 0.2) is 12.3 Å². The molecule has 5 nitrogen and oxygen atoms in total. The summed E-state index contributed by atoms with van der Waals surface area (Å²) >= 11 is 5.97. The Morgan fingerprint density at radius 3 is 2.80 bits per heavy atom. The van der Waals surface area contributed by atoms with Crippen LogP contribution in [-0.2, 0) is 17.2 Å². The SMILES string of the molecule is CNC(=O)C(C)(C)Cn1c(CCl)nc2cc(C)cnc21. The topological polar surface area (TPSA) is 59.8 Å². The number of fused-ring (bicyclic) bond motifs is 1. The zero-order valence-corrected chi connectivity index (χ0v) is 13.0. The molecular formula is C14H19ClN4O. The second-order valence-electron chi connectivity index (χ2n) is 5.57. The van der Waals surface area contributed by atoms with Gasteiger partial charge in [0.1, 0.15) is 11.3 Å². The van der Waals surface area contributed by atoms with Crippen LogP contribution in [0.3, 0.4) is 0 Å². The van der Waals surface area contributed by atoms with Crippen molar-refractivity contribution in [3.05, 3.63) is 23.7 Å². The van der Waals surface area contributed by atoms with E-state index in [1.807, 2.05) is 31.4 Å². The second kappa shape index (κ2) is 5.40. The van der Waals surface area contributed by atoms with Gasteiger partial charge in [-0.1, -0.05) is 0 Å². The first-order valence-corrected chi connectivity index (χ1v) is 7.02. The summed E-state index contributed by atoms with van der Waals surface area (Å²) in [4.78, 5) is 20.9. The summed E-state index contributed by atoms with van der Waals surface area (Å²) in [5, 5.41) is 2.69. The van der Waals surface area contributed by atoms with Crippen molar-refractivity contribution in [2.75, 3.05) is 7.05 Å². The van der Waals surface area contributed by atoms with Crippen molar-refractivity contribution in [2.45, 2.75) is 33.2 Å². The smallest absolute Gasteiger partial charge is 0.227 e. The molecule has 108 valence electrons. The number of imidazole rings is 1. The van der Waals surface area contributed by atoms with Crippen LogP contribution >= 0.6 is 11.6 Å². The summed E-state index contributed by atoms with van der Waals surface area (Å²) in [6.07, 6.45) is 1.80. The molecule has 2 aromatic rings. The lowest BCUT2D eigenvalue weighted by atomic mass is 9.92. The summed E-state index contributed by atoms with van der Waals surface area (Å²) < 4.78 is 1.93. The maximum Gasteiger partial charge on any atom is 0.227 e. The number of rotatable bonds is 4. The Kier molecular flexibility index (Phi) is 3.99. The zero-order chi connectivity index (χ0) is 14.9. The molecule has 1 N–H and O–H groups in total. The molecule has 0 saturated heterocycles. The molecular weight excluding hydrogens is 276 g/mol. The lowest BCUT2D eigenvalue weighted by Crippen LogP contribution is -2.38. The van der Waals surface area contributed by atoms with Crippen LogP contribution in [0.2, 0.25) is 0 Å². The number of carbonyl (C=O) groups is 1. The number of carbonyl (C=O) groups excluding carboxylic acids is 1. The van der Waals surface area contributed by atoms with Gasteiger partial charge in [0.2, 0.25) is 5.91 Å². The monoisotopic (exact) mass is 294 g/mol. The molecule has 0 bridgehead atoms. The normalized spacial score (nSPS) is 11.8. The highest BCUT2D eigenvalue weighted by Gasteiger charge is 2.29. The van der Waals surface area contributed by atoms with Gasteiger partial charge in [-0.05, 0) is 32.4 Å². The van der Waals surface area contributed by atoms with Gasteiger partial charge >= 0.3 is 0 Å². The van der Waals surface area contributed by atoms with Crippen LogP contribution < -0.4 is 5.32 Å². The standard InChI is InChI=1S/C14H19ClN4O/c1-9-5-10-12(17-7-9)19(11(6-15)18-10)8-14(2,3)13(20)16-4/h5,7H,6,8H2,1-4H3,(H,16,20). The highest BCUT2D eigenvalue weighted by molar-refractivity contribution is 6.16. The van der Waals surface area contributed by atoms with Gasteiger partial charge in [0.15, 0.2) is 5.65 Å². The lowest BCUT2D eigenvalue weighted by molar-refractivity contribution is -0.129. The van der Waals surface area contributed by atoms with Crippen molar-refractivity contribution in [1.82, 2.24) is 19.9 Å². The van der Waals surface area contributed by atoms with Crippen LogP contribution in [0, 0.1) is 12.3 Å². The maximum absolute atomic E-state index is 12.0. The predicted octanol–water partition coefficient (Wildman–Crippen LogP) is 2.25. The van der Waals surface area contributed by atoms with Gasteiger partial charge < -0.3 is 9.88 Å². The van der Waals surface area contributed by atoms with Gasteiger partial charge in [0, 0.05) is 19.8 Å². The zero-order valence-electron chi connectivity index (χ0n) is 12.2. The fourth-order valence-electron chi connectivity index (χ4n) is 2.23. The molecule has 0 aromatic carbocycles. The molecule has 1 amide bonds. The molecule has 2 aromatic heterocycles. The van der Waals surface area contributed by atoms with E-state index in [0.29, 0.717) is 12.4 Å². The van der Waals surface area contributed by atoms with Gasteiger partial charge in [-0.15, -0.1) is 11.6 Å². The minimum absolute atomic E-state index is 0.0213. The van der Waals surface area contributed by atoms with Crippen LogP contribution in [0.5, 0.6) is 0 Å². The van der Waals surface area contributed by atoms with E-state index >= 15 is 0 Å².